The van der Waals surface area contributed by atoms with E-state index in [0.717, 1.165) is 19.4 Å². The van der Waals surface area contributed by atoms with Gasteiger partial charge >= 0.3 is 0 Å². The molecule has 1 aliphatic rings. The van der Waals surface area contributed by atoms with Crippen molar-refractivity contribution in [3.8, 4) is 0 Å². The van der Waals surface area contributed by atoms with Gasteiger partial charge in [-0.1, -0.05) is 11.6 Å². The summed E-state index contributed by atoms with van der Waals surface area (Å²) in [5, 5.41) is 0.183. The van der Waals surface area contributed by atoms with Crippen molar-refractivity contribution in [3.05, 3.63) is 34.6 Å². The smallest absolute Gasteiger partial charge is 0.164 e. The van der Waals surface area contributed by atoms with E-state index in [1.54, 1.807) is 0 Å². The molecule has 0 aliphatic carbocycles. The minimum absolute atomic E-state index is 0.0505. The lowest BCUT2D eigenvalue weighted by atomic mass is 10.0. The molecule has 0 saturated carbocycles. The van der Waals surface area contributed by atoms with Gasteiger partial charge in [0.15, 0.2) is 5.78 Å². The van der Waals surface area contributed by atoms with Gasteiger partial charge in [0.1, 0.15) is 5.82 Å². The van der Waals surface area contributed by atoms with Crippen LogP contribution in [0, 0.1) is 5.82 Å². The minimum Gasteiger partial charge on any atom is -0.378 e. The van der Waals surface area contributed by atoms with Crippen LogP contribution in [0.25, 0.3) is 0 Å². The lowest BCUT2D eigenvalue weighted by Gasteiger charge is -2.08. The monoisotopic (exact) mass is 256 g/mol. The Morgan fingerprint density at radius 3 is 3.00 bits per heavy atom. The van der Waals surface area contributed by atoms with Crippen LogP contribution in [0.5, 0.6) is 0 Å². The van der Waals surface area contributed by atoms with Gasteiger partial charge in [-0.05, 0) is 37.5 Å². The molecule has 92 valence electrons. The van der Waals surface area contributed by atoms with Gasteiger partial charge in [0, 0.05) is 18.6 Å². The summed E-state index contributed by atoms with van der Waals surface area (Å²) in [6.45, 7) is 0.788. The van der Waals surface area contributed by atoms with Gasteiger partial charge in [0.25, 0.3) is 0 Å². The molecule has 0 radical (unpaired) electrons. The molecule has 0 N–H and O–H groups in total. The molecule has 2 nitrogen and oxygen atoms in total. The van der Waals surface area contributed by atoms with E-state index in [1.807, 2.05) is 0 Å². The van der Waals surface area contributed by atoms with E-state index in [4.69, 9.17) is 16.3 Å². The number of carbonyl (C=O) groups excluding carboxylic acids is 1. The molecule has 1 heterocycles. The quantitative estimate of drug-likeness (QED) is 0.769. The van der Waals surface area contributed by atoms with E-state index >= 15 is 0 Å². The van der Waals surface area contributed by atoms with Crippen LogP contribution >= 0.6 is 11.6 Å². The summed E-state index contributed by atoms with van der Waals surface area (Å²) in [7, 11) is 0. The summed E-state index contributed by atoms with van der Waals surface area (Å²) in [5.74, 6) is -0.476. The highest BCUT2D eigenvalue weighted by atomic mass is 35.5. The van der Waals surface area contributed by atoms with E-state index in [0.29, 0.717) is 18.4 Å². The Bertz CT molecular complexity index is 414. The SMILES string of the molecule is O=C(CCC1CCCO1)c1ccc(F)cc1Cl. The third kappa shape index (κ3) is 3.27. The van der Waals surface area contributed by atoms with E-state index < -0.39 is 5.82 Å². The van der Waals surface area contributed by atoms with E-state index in [1.165, 1.54) is 18.2 Å². The van der Waals surface area contributed by atoms with Crippen molar-refractivity contribution in [1.82, 2.24) is 0 Å². The zero-order valence-corrected chi connectivity index (χ0v) is 10.2. The lowest BCUT2D eigenvalue weighted by Crippen LogP contribution is -2.09. The topological polar surface area (TPSA) is 26.3 Å². The standard InChI is InChI=1S/C13H14ClFO2/c14-12-8-9(15)3-5-11(12)13(16)6-4-10-2-1-7-17-10/h3,5,8,10H,1-2,4,6-7H2. The van der Waals surface area contributed by atoms with Gasteiger partial charge in [-0.2, -0.15) is 0 Å². The molecule has 1 saturated heterocycles. The number of benzene rings is 1. The Hall–Kier alpha value is -0.930. The molecular formula is C13H14ClFO2. The van der Waals surface area contributed by atoms with E-state index in [2.05, 4.69) is 0 Å². The summed E-state index contributed by atoms with van der Waals surface area (Å²) >= 11 is 5.83. The maximum atomic E-state index is 12.8. The normalized spacial score (nSPS) is 19.5. The fourth-order valence-electron chi connectivity index (χ4n) is 2.01. The predicted octanol–water partition coefficient (Wildman–Crippen LogP) is 3.62. The summed E-state index contributed by atoms with van der Waals surface area (Å²) in [4.78, 5) is 11.9. The van der Waals surface area contributed by atoms with Crippen LogP contribution in [-0.2, 0) is 4.74 Å². The average Bonchev–Trinajstić information content (AvgIpc) is 2.78. The molecule has 1 unspecified atom stereocenters. The van der Waals surface area contributed by atoms with Gasteiger partial charge < -0.3 is 4.74 Å². The Morgan fingerprint density at radius 2 is 2.35 bits per heavy atom. The fourth-order valence-corrected chi connectivity index (χ4v) is 2.29. The van der Waals surface area contributed by atoms with Gasteiger partial charge in [-0.25, -0.2) is 4.39 Å². The molecule has 1 aromatic carbocycles. The highest BCUT2D eigenvalue weighted by Gasteiger charge is 2.18. The first kappa shape index (κ1) is 12.5. The van der Waals surface area contributed by atoms with Crippen LogP contribution in [0.1, 0.15) is 36.0 Å². The summed E-state index contributed by atoms with van der Waals surface area (Å²) < 4.78 is 18.3. The third-order valence-electron chi connectivity index (χ3n) is 2.95. The van der Waals surface area contributed by atoms with Crippen LogP contribution in [0.4, 0.5) is 4.39 Å². The number of rotatable bonds is 4. The molecule has 2 rings (SSSR count). The first-order chi connectivity index (χ1) is 8.16. The molecule has 1 aromatic rings. The van der Waals surface area contributed by atoms with Crippen molar-refractivity contribution in [2.75, 3.05) is 6.61 Å². The molecule has 4 heteroatoms. The van der Waals surface area contributed by atoms with E-state index in [-0.39, 0.29) is 16.9 Å². The second-order valence-corrected chi connectivity index (χ2v) is 4.63. The molecule has 1 fully saturated rings. The first-order valence-electron chi connectivity index (χ1n) is 5.76. The zero-order chi connectivity index (χ0) is 12.3. The summed E-state index contributed by atoms with van der Waals surface area (Å²) in [6.07, 6.45) is 3.39. The predicted molar refractivity (Wildman–Crippen MR) is 63.9 cm³/mol. The molecule has 17 heavy (non-hydrogen) atoms. The maximum absolute atomic E-state index is 12.8. The molecule has 1 atom stereocenters. The van der Waals surface area contributed by atoms with Crippen molar-refractivity contribution in [3.63, 3.8) is 0 Å². The Morgan fingerprint density at radius 1 is 1.53 bits per heavy atom. The molecule has 0 amide bonds. The van der Waals surface area contributed by atoms with Crippen molar-refractivity contribution in [2.24, 2.45) is 0 Å². The second-order valence-electron chi connectivity index (χ2n) is 4.22. The van der Waals surface area contributed by atoms with Crippen molar-refractivity contribution < 1.29 is 13.9 Å². The molecule has 0 bridgehead atoms. The largest absolute Gasteiger partial charge is 0.378 e. The van der Waals surface area contributed by atoms with Gasteiger partial charge in [-0.15, -0.1) is 0 Å². The maximum Gasteiger partial charge on any atom is 0.164 e. The first-order valence-corrected chi connectivity index (χ1v) is 6.14. The van der Waals surface area contributed by atoms with Crippen LogP contribution in [0.2, 0.25) is 5.02 Å². The van der Waals surface area contributed by atoms with Crippen LogP contribution in [0.15, 0.2) is 18.2 Å². The number of hydrogen-bond acceptors (Lipinski definition) is 2. The lowest BCUT2D eigenvalue weighted by molar-refractivity contribution is 0.0859. The van der Waals surface area contributed by atoms with Crippen molar-refractivity contribution in [2.45, 2.75) is 31.8 Å². The van der Waals surface area contributed by atoms with Crippen LogP contribution < -0.4 is 0 Å². The highest BCUT2D eigenvalue weighted by Crippen LogP contribution is 2.22. The fraction of sp³-hybridized carbons (Fsp3) is 0.462. The van der Waals surface area contributed by atoms with Crippen molar-refractivity contribution in [1.29, 1.82) is 0 Å². The number of carbonyl (C=O) groups is 1. The van der Waals surface area contributed by atoms with Crippen molar-refractivity contribution >= 4 is 17.4 Å². The van der Waals surface area contributed by atoms with Crippen LogP contribution in [0.3, 0.4) is 0 Å². The number of ether oxygens (including phenoxy) is 1. The Kier molecular flexibility index (Phi) is 4.13. The number of Topliss-reactive ketones (excluding diaryl/α,β-unsaturated/α-hetero) is 1. The molecule has 0 aromatic heterocycles. The van der Waals surface area contributed by atoms with E-state index in [9.17, 15) is 9.18 Å². The third-order valence-corrected chi connectivity index (χ3v) is 3.26. The summed E-state index contributed by atoms with van der Waals surface area (Å²) in [5.41, 5.74) is 0.395. The number of hydrogen-bond donors (Lipinski definition) is 0. The highest BCUT2D eigenvalue weighted by molar-refractivity contribution is 6.33. The van der Waals surface area contributed by atoms with Gasteiger partial charge in [-0.3, -0.25) is 4.79 Å². The second kappa shape index (κ2) is 5.61. The molecule has 0 spiro atoms. The van der Waals surface area contributed by atoms with Crippen LogP contribution in [-0.4, -0.2) is 18.5 Å². The van der Waals surface area contributed by atoms with Gasteiger partial charge in [0.2, 0.25) is 0 Å². The zero-order valence-electron chi connectivity index (χ0n) is 9.42. The minimum atomic E-state index is -0.425. The number of ketones is 1. The average molecular weight is 257 g/mol. The Labute approximate surface area is 105 Å². The molecule has 1 aliphatic heterocycles. The number of halogens is 2. The van der Waals surface area contributed by atoms with Gasteiger partial charge in [0.05, 0.1) is 11.1 Å². The molecular weight excluding hydrogens is 243 g/mol. The summed E-state index contributed by atoms with van der Waals surface area (Å²) in [6, 6.07) is 3.86. The Balaban J connectivity index is 1.94.